The van der Waals surface area contributed by atoms with Crippen molar-refractivity contribution >= 4 is 22.5 Å². The molecule has 3 aromatic rings. The van der Waals surface area contributed by atoms with Crippen molar-refractivity contribution in [2.24, 2.45) is 0 Å². The number of hydrogen-bond acceptors (Lipinski definition) is 2. The molecule has 4 heteroatoms. The molecule has 0 aliphatic heterocycles. The van der Waals surface area contributed by atoms with Gasteiger partial charge in [-0.1, -0.05) is 18.2 Å². The zero-order valence-electron chi connectivity index (χ0n) is 11.9. The largest absolute Gasteiger partial charge is 0.497 e. The van der Waals surface area contributed by atoms with E-state index in [1.807, 2.05) is 48.5 Å². The number of methoxy groups -OCH3 is 1. The first-order valence-corrected chi connectivity index (χ1v) is 6.61. The molecule has 2 aromatic carbocycles. The smallest absolute Gasteiger partial charge is 0.260 e. The van der Waals surface area contributed by atoms with Crippen LogP contribution in [0.3, 0.4) is 0 Å². The fourth-order valence-electron chi connectivity index (χ4n) is 2.27. The van der Waals surface area contributed by atoms with Crippen molar-refractivity contribution in [3.63, 3.8) is 0 Å². The van der Waals surface area contributed by atoms with Gasteiger partial charge in [0.05, 0.1) is 18.9 Å². The van der Waals surface area contributed by atoms with Gasteiger partial charge in [-0.15, -0.1) is 0 Å². The van der Waals surface area contributed by atoms with Gasteiger partial charge in [0.2, 0.25) is 0 Å². The van der Waals surface area contributed by atoms with Crippen LogP contribution in [0.1, 0.15) is 10.4 Å². The summed E-state index contributed by atoms with van der Waals surface area (Å²) in [5.74, 6) is 0.604. The fraction of sp³-hybridized carbons (Fsp3) is 0.118. The highest BCUT2D eigenvalue weighted by molar-refractivity contribution is 6.13. The van der Waals surface area contributed by atoms with E-state index in [9.17, 15) is 4.79 Å². The maximum absolute atomic E-state index is 12.7. The molecule has 0 spiro atoms. The maximum atomic E-state index is 12.7. The molecule has 1 heterocycles. The third-order valence-corrected chi connectivity index (χ3v) is 3.48. The molecule has 0 saturated carbocycles. The third kappa shape index (κ3) is 2.36. The predicted molar refractivity (Wildman–Crippen MR) is 82.9 cm³/mol. The highest BCUT2D eigenvalue weighted by Crippen LogP contribution is 2.25. The van der Waals surface area contributed by atoms with Crippen LogP contribution in [-0.2, 0) is 0 Å². The van der Waals surface area contributed by atoms with Crippen LogP contribution in [0.5, 0.6) is 5.75 Å². The molecular weight excluding hydrogens is 264 g/mol. The summed E-state index contributed by atoms with van der Waals surface area (Å²) in [5, 5.41) is 0.808. The standard InChI is InChI=1S/C17H15N2O2/c1-19(12-6-4-3-5-7-12)17(20)15-11-18-16-9-8-13(21-2)10-14(15)16/h3-10,18H,1-2H3. The third-order valence-electron chi connectivity index (χ3n) is 3.48. The Morgan fingerprint density at radius 2 is 1.95 bits per heavy atom. The molecule has 0 aliphatic carbocycles. The van der Waals surface area contributed by atoms with E-state index in [0.717, 1.165) is 16.6 Å². The summed E-state index contributed by atoms with van der Waals surface area (Å²) in [4.78, 5) is 17.3. The molecule has 1 radical (unpaired) electrons. The number of para-hydroxylation sites is 1. The summed E-state index contributed by atoms with van der Waals surface area (Å²) in [5.41, 5.74) is 2.21. The number of H-pyrrole nitrogens is 1. The first-order valence-electron chi connectivity index (χ1n) is 6.61. The number of nitrogens with zero attached hydrogens (tertiary/aromatic N) is 1. The van der Waals surface area contributed by atoms with Gasteiger partial charge in [-0.2, -0.15) is 0 Å². The Balaban J connectivity index is 2.01. The van der Waals surface area contributed by atoms with Crippen LogP contribution in [0.4, 0.5) is 5.69 Å². The van der Waals surface area contributed by atoms with Crippen molar-refractivity contribution in [2.75, 3.05) is 19.1 Å². The van der Waals surface area contributed by atoms with Crippen LogP contribution >= 0.6 is 0 Å². The van der Waals surface area contributed by atoms with E-state index < -0.39 is 0 Å². The van der Waals surface area contributed by atoms with Crippen LogP contribution in [0.25, 0.3) is 10.9 Å². The minimum absolute atomic E-state index is 0.110. The first-order chi connectivity index (χ1) is 10.2. The fourth-order valence-corrected chi connectivity index (χ4v) is 2.27. The van der Waals surface area contributed by atoms with Crippen molar-refractivity contribution in [1.82, 2.24) is 4.98 Å². The average molecular weight is 279 g/mol. The summed E-state index contributed by atoms with van der Waals surface area (Å²) in [6.07, 6.45) is 2.94. The van der Waals surface area contributed by atoms with Gasteiger partial charge in [-0.05, 0) is 30.3 Å². The second-order valence-corrected chi connectivity index (χ2v) is 4.74. The lowest BCUT2D eigenvalue weighted by Gasteiger charge is -2.16. The second kappa shape index (κ2) is 5.32. The van der Waals surface area contributed by atoms with Crippen molar-refractivity contribution in [2.45, 2.75) is 0 Å². The maximum Gasteiger partial charge on any atom is 0.260 e. The molecule has 3 rings (SSSR count). The SMILES string of the molecule is COc1ccc2[nH][c]c(C(=O)N(C)c3ccccc3)c2c1. The van der Waals surface area contributed by atoms with Crippen LogP contribution < -0.4 is 9.64 Å². The van der Waals surface area contributed by atoms with Gasteiger partial charge < -0.3 is 14.6 Å². The molecule has 21 heavy (non-hydrogen) atoms. The normalized spacial score (nSPS) is 10.6. The summed E-state index contributed by atoms with van der Waals surface area (Å²) >= 11 is 0. The van der Waals surface area contributed by atoms with Crippen molar-refractivity contribution < 1.29 is 9.53 Å². The molecule has 0 aliphatic rings. The van der Waals surface area contributed by atoms with Crippen molar-refractivity contribution in [3.05, 3.63) is 60.3 Å². The highest BCUT2D eigenvalue weighted by atomic mass is 16.5. The van der Waals surface area contributed by atoms with Crippen LogP contribution in [0.2, 0.25) is 0 Å². The molecule has 0 bridgehead atoms. The van der Waals surface area contributed by atoms with E-state index in [1.54, 1.807) is 19.1 Å². The minimum atomic E-state index is -0.110. The Morgan fingerprint density at radius 3 is 2.67 bits per heavy atom. The molecule has 1 N–H and O–H groups in total. The molecule has 0 unspecified atom stereocenters. The lowest BCUT2D eigenvalue weighted by atomic mass is 10.1. The van der Waals surface area contributed by atoms with Crippen molar-refractivity contribution in [3.8, 4) is 5.75 Å². The summed E-state index contributed by atoms with van der Waals surface area (Å²) in [6, 6.07) is 15.1. The van der Waals surface area contributed by atoms with E-state index >= 15 is 0 Å². The molecular formula is C17H15N2O2. The Hall–Kier alpha value is -2.75. The highest BCUT2D eigenvalue weighted by Gasteiger charge is 2.18. The lowest BCUT2D eigenvalue weighted by molar-refractivity contribution is 0.0994. The lowest BCUT2D eigenvalue weighted by Crippen LogP contribution is -2.25. The number of aromatic nitrogens is 1. The second-order valence-electron chi connectivity index (χ2n) is 4.74. The van der Waals surface area contributed by atoms with Gasteiger partial charge in [0.1, 0.15) is 5.75 Å². The van der Waals surface area contributed by atoms with Crippen LogP contribution in [-0.4, -0.2) is 25.0 Å². The number of hydrogen-bond donors (Lipinski definition) is 1. The van der Waals surface area contributed by atoms with E-state index in [1.165, 1.54) is 0 Å². The molecule has 4 nitrogen and oxygen atoms in total. The van der Waals surface area contributed by atoms with E-state index in [-0.39, 0.29) is 5.91 Å². The number of carbonyl (C=O) groups excluding carboxylic acids is 1. The van der Waals surface area contributed by atoms with Gasteiger partial charge in [0.15, 0.2) is 0 Å². The Kier molecular flexibility index (Phi) is 3.36. The number of amides is 1. The average Bonchev–Trinajstić information content (AvgIpc) is 2.97. The van der Waals surface area contributed by atoms with Gasteiger partial charge >= 0.3 is 0 Å². The number of ether oxygens (including phenoxy) is 1. The van der Waals surface area contributed by atoms with Crippen LogP contribution in [0.15, 0.2) is 48.5 Å². The number of benzene rings is 2. The summed E-state index contributed by atoms with van der Waals surface area (Å²) in [6.45, 7) is 0. The van der Waals surface area contributed by atoms with E-state index in [4.69, 9.17) is 4.74 Å². The molecule has 1 aromatic heterocycles. The summed E-state index contributed by atoms with van der Waals surface area (Å²) < 4.78 is 5.22. The molecule has 1 amide bonds. The summed E-state index contributed by atoms with van der Waals surface area (Å²) in [7, 11) is 3.36. The minimum Gasteiger partial charge on any atom is -0.497 e. The van der Waals surface area contributed by atoms with Gasteiger partial charge in [0.25, 0.3) is 5.91 Å². The zero-order chi connectivity index (χ0) is 14.8. The van der Waals surface area contributed by atoms with Gasteiger partial charge in [-0.3, -0.25) is 4.79 Å². The molecule has 0 saturated heterocycles. The number of nitrogens with one attached hydrogen (secondary N) is 1. The van der Waals surface area contributed by atoms with E-state index in [0.29, 0.717) is 11.3 Å². The van der Waals surface area contributed by atoms with Gasteiger partial charge in [-0.25, -0.2) is 0 Å². The van der Waals surface area contributed by atoms with Crippen LogP contribution in [0, 0.1) is 6.20 Å². The number of rotatable bonds is 3. The first kappa shape index (κ1) is 13.2. The number of aromatic amines is 1. The number of carbonyl (C=O) groups is 1. The number of fused-ring (bicyclic) bond motifs is 1. The predicted octanol–water partition coefficient (Wildman–Crippen LogP) is 3.25. The Labute approximate surface area is 123 Å². The monoisotopic (exact) mass is 279 g/mol. The number of anilines is 1. The molecule has 0 atom stereocenters. The van der Waals surface area contributed by atoms with E-state index in [2.05, 4.69) is 11.2 Å². The molecule has 105 valence electrons. The Morgan fingerprint density at radius 1 is 1.19 bits per heavy atom. The van der Waals surface area contributed by atoms with Gasteiger partial charge in [0, 0.05) is 23.6 Å². The molecule has 0 fully saturated rings. The zero-order valence-corrected chi connectivity index (χ0v) is 11.9. The quantitative estimate of drug-likeness (QED) is 0.800. The Bertz CT molecular complexity index is 778. The van der Waals surface area contributed by atoms with Crippen molar-refractivity contribution in [1.29, 1.82) is 0 Å². The topological polar surface area (TPSA) is 45.3 Å².